The third-order valence-corrected chi connectivity index (χ3v) is 6.05. The van der Waals surface area contributed by atoms with Crippen LogP contribution < -0.4 is 11.5 Å². The molecule has 0 saturated heterocycles. The predicted molar refractivity (Wildman–Crippen MR) is 107 cm³/mol. The average molecular weight is 425 g/mol. The Hall–Kier alpha value is -2.29. The molecule has 28 heavy (non-hydrogen) atoms. The van der Waals surface area contributed by atoms with E-state index in [1.807, 2.05) is 6.92 Å². The van der Waals surface area contributed by atoms with Gasteiger partial charge in [0.1, 0.15) is 11.6 Å². The highest BCUT2D eigenvalue weighted by molar-refractivity contribution is 7.14. The number of carbonyl (C=O) groups is 1. The van der Waals surface area contributed by atoms with Crippen LogP contribution in [0.2, 0.25) is 5.02 Å². The molecule has 0 spiro atoms. The smallest absolute Gasteiger partial charge is 0.259 e. The molecule has 2 heterocycles. The standard InChI is InChI=1S/C19H19ClF2N4OS/c1-9-15(17-13(20)8-25-26(17)2)16(18(28-9)19(24)27)11(7-23)5-10-6-12(21)3-4-14(10)22/h3-4,6,8,11H,5,7,23H2,1-2H3,(H2,24,27)/t11-/m1/s1. The minimum Gasteiger partial charge on any atom is -0.365 e. The van der Waals surface area contributed by atoms with Crippen LogP contribution in [-0.4, -0.2) is 22.2 Å². The molecule has 1 aromatic carbocycles. The molecule has 0 saturated carbocycles. The Morgan fingerprint density at radius 1 is 1.39 bits per heavy atom. The fourth-order valence-electron chi connectivity index (χ4n) is 3.39. The lowest BCUT2D eigenvalue weighted by Gasteiger charge is -2.19. The summed E-state index contributed by atoms with van der Waals surface area (Å²) in [5.74, 6) is -2.15. The molecule has 3 aromatic rings. The van der Waals surface area contributed by atoms with Crippen LogP contribution >= 0.6 is 22.9 Å². The Morgan fingerprint density at radius 2 is 2.11 bits per heavy atom. The van der Waals surface area contributed by atoms with E-state index < -0.39 is 23.5 Å². The van der Waals surface area contributed by atoms with Crippen molar-refractivity contribution in [2.45, 2.75) is 19.3 Å². The second-order valence-electron chi connectivity index (χ2n) is 6.48. The van der Waals surface area contributed by atoms with Crippen molar-refractivity contribution in [3.63, 3.8) is 0 Å². The molecule has 9 heteroatoms. The van der Waals surface area contributed by atoms with E-state index in [9.17, 15) is 13.6 Å². The number of aromatic nitrogens is 2. The highest BCUT2D eigenvalue weighted by Gasteiger charge is 2.29. The first-order chi connectivity index (χ1) is 13.2. The van der Waals surface area contributed by atoms with Gasteiger partial charge in [-0.25, -0.2) is 8.78 Å². The number of amides is 1. The van der Waals surface area contributed by atoms with Gasteiger partial charge in [0.15, 0.2) is 0 Å². The molecule has 0 unspecified atom stereocenters. The van der Waals surface area contributed by atoms with Crippen molar-refractivity contribution >= 4 is 28.8 Å². The molecule has 5 nitrogen and oxygen atoms in total. The largest absolute Gasteiger partial charge is 0.365 e. The number of halogens is 3. The van der Waals surface area contributed by atoms with Gasteiger partial charge in [0.05, 0.1) is 21.8 Å². The summed E-state index contributed by atoms with van der Waals surface area (Å²) < 4.78 is 29.4. The molecule has 0 radical (unpaired) electrons. The number of nitrogens with zero attached hydrogens (tertiary/aromatic N) is 2. The van der Waals surface area contributed by atoms with Crippen molar-refractivity contribution in [3.8, 4) is 11.3 Å². The van der Waals surface area contributed by atoms with Gasteiger partial charge in [-0.15, -0.1) is 11.3 Å². The van der Waals surface area contributed by atoms with Crippen molar-refractivity contribution in [2.24, 2.45) is 18.5 Å². The molecular weight excluding hydrogens is 406 g/mol. The maximum absolute atomic E-state index is 14.2. The van der Waals surface area contributed by atoms with Crippen LogP contribution in [0.25, 0.3) is 11.3 Å². The number of rotatable bonds is 6. The fourth-order valence-corrected chi connectivity index (χ4v) is 4.74. The zero-order chi connectivity index (χ0) is 20.6. The van der Waals surface area contributed by atoms with E-state index in [1.54, 1.807) is 11.7 Å². The van der Waals surface area contributed by atoms with Gasteiger partial charge in [0, 0.05) is 23.4 Å². The summed E-state index contributed by atoms with van der Waals surface area (Å²) in [5.41, 5.74) is 13.7. The van der Waals surface area contributed by atoms with E-state index in [-0.39, 0.29) is 18.5 Å². The third kappa shape index (κ3) is 3.67. The van der Waals surface area contributed by atoms with Gasteiger partial charge >= 0.3 is 0 Å². The van der Waals surface area contributed by atoms with Crippen molar-refractivity contribution in [1.29, 1.82) is 0 Å². The third-order valence-electron chi connectivity index (χ3n) is 4.64. The van der Waals surface area contributed by atoms with Crippen LogP contribution in [0.5, 0.6) is 0 Å². The molecule has 0 aliphatic heterocycles. The minimum atomic E-state index is -0.606. The number of hydrogen-bond acceptors (Lipinski definition) is 4. The number of carbonyl (C=O) groups excluding carboxylic acids is 1. The average Bonchev–Trinajstić information content (AvgIpc) is 3.14. The number of hydrogen-bond donors (Lipinski definition) is 2. The molecule has 0 fully saturated rings. The maximum atomic E-state index is 14.2. The Bertz CT molecular complexity index is 1030. The number of benzene rings is 1. The summed E-state index contributed by atoms with van der Waals surface area (Å²) in [4.78, 5) is 13.3. The molecule has 0 aliphatic carbocycles. The second-order valence-corrected chi connectivity index (χ2v) is 8.11. The lowest BCUT2D eigenvalue weighted by atomic mass is 9.87. The van der Waals surface area contributed by atoms with Gasteiger partial charge < -0.3 is 11.5 Å². The minimum absolute atomic E-state index is 0.106. The van der Waals surface area contributed by atoms with E-state index in [2.05, 4.69) is 5.10 Å². The highest BCUT2D eigenvalue weighted by atomic mass is 35.5. The van der Waals surface area contributed by atoms with E-state index in [0.29, 0.717) is 26.7 Å². The normalized spacial score (nSPS) is 12.4. The first-order valence-corrected chi connectivity index (χ1v) is 9.69. The monoisotopic (exact) mass is 424 g/mol. The number of nitrogens with two attached hydrogens (primary N) is 2. The molecule has 148 valence electrons. The number of aryl methyl sites for hydroxylation is 2. The second kappa shape index (κ2) is 7.98. The lowest BCUT2D eigenvalue weighted by Crippen LogP contribution is -2.20. The summed E-state index contributed by atoms with van der Waals surface area (Å²) in [7, 11) is 1.73. The topological polar surface area (TPSA) is 86.9 Å². The van der Waals surface area contributed by atoms with Crippen LogP contribution in [0.4, 0.5) is 8.78 Å². The van der Waals surface area contributed by atoms with Gasteiger partial charge in [0.25, 0.3) is 5.91 Å². The van der Waals surface area contributed by atoms with Crippen LogP contribution in [0.15, 0.2) is 24.4 Å². The summed E-state index contributed by atoms with van der Waals surface area (Å²) in [6.45, 7) is 1.95. The molecule has 4 N–H and O–H groups in total. The highest BCUT2D eigenvalue weighted by Crippen LogP contribution is 2.43. The Balaban J connectivity index is 2.20. The molecule has 1 amide bonds. The van der Waals surface area contributed by atoms with E-state index >= 15 is 0 Å². The van der Waals surface area contributed by atoms with Crippen molar-refractivity contribution in [2.75, 3.05) is 6.54 Å². The van der Waals surface area contributed by atoms with Crippen molar-refractivity contribution in [3.05, 3.63) is 61.9 Å². The molecular formula is C19H19ClF2N4OS. The fraction of sp³-hybridized carbons (Fsp3) is 0.263. The molecule has 3 rings (SSSR count). The van der Waals surface area contributed by atoms with Crippen LogP contribution in [0.1, 0.15) is 31.6 Å². The van der Waals surface area contributed by atoms with Gasteiger partial charge in [-0.3, -0.25) is 9.48 Å². The molecule has 0 aliphatic rings. The Kier molecular flexibility index (Phi) is 5.83. The molecule has 0 bridgehead atoms. The lowest BCUT2D eigenvalue weighted by molar-refractivity contribution is 0.100. The SMILES string of the molecule is Cc1sc(C(N)=O)c([C@@H](CN)Cc2cc(F)ccc2F)c1-c1c(Cl)cnn1C. The quantitative estimate of drug-likeness (QED) is 0.631. The summed E-state index contributed by atoms with van der Waals surface area (Å²) in [5, 5.41) is 4.57. The van der Waals surface area contributed by atoms with Crippen molar-refractivity contribution < 1.29 is 13.6 Å². The Labute approximate surface area is 169 Å². The van der Waals surface area contributed by atoms with Crippen LogP contribution in [0, 0.1) is 18.6 Å². The first-order valence-electron chi connectivity index (χ1n) is 8.49. The number of primary amides is 1. The van der Waals surface area contributed by atoms with Gasteiger partial charge in [-0.2, -0.15) is 5.10 Å². The van der Waals surface area contributed by atoms with Gasteiger partial charge in [-0.05, 0) is 49.2 Å². The van der Waals surface area contributed by atoms with Crippen LogP contribution in [0.3, 0.4) is 0 Å². The number of thiophene rings is 1. The molecule has 2 aromatic heterocycles. The predicted octanol–water partition coefficient (Wildman–Crippen LogP) is 3.77. The first kappa shape index (κ1) is 20.4. The summed E-state index contributed by atoms with van der Waals surface area (Å²) >= 11 is 7.56. The Morgan fingerprint density at radius 3 is 2.68 bits per heavy atom. The summed E-state index contributed by atoms with van der Waals surface area (Å²) in [6, 6.07) is 3.27. The van der Waals surface area contributed by atoms with Crippen molar-refractivity contribution in [1.82, 2.24) is 9.78 Å². The van der Waals surface area contributed by atoms with E-state index in [4.69, 9.17) is 23.1 Å². The van der Waals surface area contributed by atoms with E-state index in [1.165, 1.54) is 17.5 Å². The van der Waals surface area contributed by atoms with E-state index in [0.717, 1.165) is 23.1 Å². The van der Waals surface area contributed by atoms with Gasteiger partial charge in [0.2, 0.25) is 0 Å². The summed E-state index contributed by atoms with van der Waals surface area (Å²) in [6.07, 6.45) is 1.62. The maximum Gasteiger partial charge on any atom is 0.259 e. The molecule has 1 atom stereocenters. The van der Waals surface area contributed by atoms with Crippen LogP contribution in [-0.2, 0) is 13.5 Å². The zero-order valence-electron chi connectivity index (χ0n) is 15.3. The van der Waals surface area contributed by atoms with Gasteiger partial charge in [-0.1, -0.05) is 11.6 Å². The zero-order valence-corrected chi connectivity index (χ0v) is 16.9.